The minimum Gasteiger partial charge on any atom is -0.335 e. The normalized spacial score (nSPS) is 13.5. The average molecular weight is 478 g/mol. The molecule has 1 N–H and O–H groups in total. The molecule has 33 heavy (non-hydrogen) atoms. The SMILES string of the molecule is O=C(/C=C/c1ccc(Sc2ncccn2)c([N+](=O)[O-])c1)c1ccc(NC2=NCCCS2)cc1. The Bertz CT molecular complexity index is 1210. The van der Waals surface area contributed by atoms with Gasteiger partial charge in [0.25, 0.3) is 5.69 Å². The van der Waals surface area contributed by atoms with Crippen LogP contribution >= 0.6 is 23.5 Å². The Kier molecular flexibility index (Phi) is 7.48. The number of rotatable bonds is 7. The Morgan fingerprint density at radius 3 is 2.64 bits per heavy atom. The molecule has 0 fully saturated rings. The van der Waals surface area contributed by atoms with Crippen molar-refractivity contribution in [2.24, 2.45) is 4.99 Å². The van der Waals surface area contributed by atoms with Crippen LogP contribution in [-0.4, -0.2) is 38.1 Å². The smallest absolute Gasteiger partial charge is 0.283 e. The van der Waals surface area contributed by atoms with E-state index in [-0.39, 0.29) is 11.5 Å². The number of ketones is 1. The van der Waals surface area contributed by atoms with Gasteiger partial charge in [0.15, 0.2) is 16.1 Å². The van der Waals surface area contributed by atoms with Crippen LogP contribution in [0.15, 0.2) is 82.0 Å². The minimum absolute atomic E-state index is 0.0685. The number of amidine groups is 1. The molecule has 1 aliphatic heterocycles. The lowest BCUT2D eigenvalue weighted by molar-refractivity contribution is -0.387. The van der Waals surface area contributed by atoms with E-state index in [4.69, 9.17) is 0 Å². The summed E-state index contributed by atoms with van der Waals surface area (Å²) >= 11 is 2.80. The van der Waals surface area contributed by atoms with Gasteiger partial charge in [0.1, 0.15) is 0 Å². The fourth-order valence-electron chi connectivity index (χ4n) is 2.95. The Labute approximate surface area is 198 Å². The molecule has 2 heterocycles. The Morgan fingerprint density at radius 1 is 1.15 bits per heavy atom. The lowest BCUT2D eigenvalue weighted by Crippen LogP contribution is -2.13. The summed E-state index contributed by atoms with van der Waals surface area (Å²) in [5.41, 5.74) is 1.88. The molecule has 0 saturated heterocycles. The van der Waals surface area contributed by atoms with Crippen molar-refractivity contribution >= 4 is 51.9 Å². The molecule has 0 bridgehead atoms. The third-order valence-corrected chi connectivity index (χ3v) is 6.52. The second-order valence-electron chi connectivity index (χ2n) is 6.91. The average Bonchev–Trinajstić information content (AvgIpc) is 2.85. The van der Waals surface area contributed by atoms with Gasteiger partial charge in [0.2, 0.25) is 0 Å². The van der Waals surface area contributed by atoms with Crippen molar-refractivity contribution in [2.45, 2.75) is 16.5 Å². The molecule has 0 unspecified atom stereocenters. The first-order valence-electron chi connectivity index (χ1n) is 10.1. The standard InChI is InChI=1S/C23H19N5O3S2/c29-20(17-5-7-18(8-6-17)27-23-26-13-2-14-32-23)9-3-16-4-10-21(19(15-16)28(30)31)33-22-24-11-1-12-25-22/h1,3-12,15H,2,13-14H2,(H,26,27)/b9-3+. The molecule has 1 aliphatic rings. The number of benzene rings is 2. The first kappa shape index (κ1) is 22.7. The van der Waals surface area contributed by atoms with E-state index in [1.807, 2.05) is 12.1 Å². The van der Waals surface area contributed by atoms with Crippen molar-refractivity contribution in [3.8, 4) is 0 Å². The Hall–Kier alpha value is -3.50. The summed E-state index contributed by atoms with van der Waals surface area (Å²) < 4.78 is 0. The van der Waals surface area contributed by atoms with E-state index in [0.29, 0.717) is 21.2 Å². The number of thioether (sulfide) groups is 1. The summed E-state index contributed by atoms with van der Waals surface area (Å²) in [5.74, 6) is 0.857. The van der Waals surface area contributed by atoms with Gasteiger partial charge in [-0.15, -0.1) is 0 Å². The summed E-state index contributed by atoms with van der Waals surface area (Å²) in [7, 11) is 0. The van der Waals surface area contributed by atoms with E-state index >= 15 is 0 Å². The zero-order valence-corrected chi connectivity index (χ0v) is 19.0. The minimum atomic E-state index is -0.453. The monoisotopic (exact) mass is 477 g/mol. The maximum absolute atomic E-state index is 12.6. The number of hydrogen-bond acceptors (Lipinski definition) is 9. The second-order valence-corrected chi connectivity index (χ2v) is 9.00. The quantitative estimate of drug-likeness (QED) is 0.160. The highest BCUT2D eigenvalue weighted by Crippen LogP contribution is 2.33. The molecule has 8 nitrogen and oxygen atoms in total. The summed E-state index contributed by atoms with van der Waals surface area (Å²) in [5, 5.41) is 16.1. The van der Waals surface area contributed by atoms with E-state index in [9.17, 15) is 14.9 Å². The van der Waals surface area contributed by atoms with E-state index < -0.39 is 4.92 Å². The number of carbonyl (C=O) groups is 1. The molecule has 4 rings (SSSR count). The molecule has 166 valence electrons. The van der Waals surface area contributed by atoms with Gasteiger partial charge >= 0.3 is 0 Å². The molecule has 0 amide bonds. The van der Waals surface area contributed by atoms with Crippen molar-refractivity contribution in [3.05, 3.63) is 88.2 Å². The van der Waals surface area contributed by atoms with Gasteiger partial charge in [-0.05, 0) is 66.2 Å². The van der Waals surface area contributed by atoms with Crippen molar-refractivity contribution in [3.63, 3.8) is 0 Å². The third kappa shape index (κ3) is 6.27. The van der Waals surface area contributed by atoms with E-state index in [1.165, 1.54) is 12.1 Å². The highest BCUT2D eigenvalue weighted by molar-refractivity contribution is 8.14. The topological polar surface area (TPSA) is 110 Å². The molecule has 0 radical (unpaired) electrons. The zero-order valence-electron chi connectivity index (χ0n) is 17.4. The van der Waals surface area contributed by atoms with Gasteiger partial charge in [0, 0.05) is 42.0 Å². The molecule has 2 aromatic carbocycles. The molecule has 0 atom stereocenters. The van der Waals surface area contributed by atoms with Crippen LogP contribution in [0.3, 0.4) is 0 Å². The number of nitrogens with zero attached hydrogens (tertiary/aromatic N) is 4. The summed E-state index contributed by atoms with van der Waals surface area (Å²) in [4.78, 5) is 36.7. The summed E-state index contributed by atoms with van der Waals surface area (Å²) in [6.45, 7) is 0.828. The van der Waals surface area contributed by atoms with E-state index in [1.54, 1.807) is 60.6 Å². The number of nitrogens with one attached hydrogen (secondary N) is 1. The summed E-state index contributed by atoms with van der Waals surface area (Å²) in [6.07, 6.45) is 7.23. The number of anilines is 1. The van der Waals surface area contributed by atoms with Crippen LogP contribution in [0, 0.1) is 10.1 Å². The predicted molar refractivity (Wildman–Crippen MR) is 132 cm³/mol. The van der Waals surface area contributed by atoms with Crippen molar-refractivity contribution in [2.75, 3.05) is 17.6 Å². The molecule has 0 aliphatic carbocycles. The van der Waals surface area contributed by atoms with Gasteiger partial charge in [-0.1, -0.05) is 23.9 Å². The number of hydrogen-bond donors (Lipinski definition) is 1. The third-order valence-electron chi connectivity index (χ3n) is 4.57. The van der Waals surface area contributed by atoms with Gasteiger partial charge < -0.3 is 5.32 Å². The van der Waals surface area contributed by atoms with Crippen LogP contribution in [0.5, 0.6) is 0 Å². The number of aliphatic imine (C=N–C) groups is 1. The molecule has 3 aromatic rings. The fraction of sp³-hybridized carbons (Fsp3) is 0.130. The van der Waals surface area contributed by atoms with Crippen molar-refractivity contribution in [1.29, 1.82) is 0 Å². The number of nitro benzene ring substituents is 1. The highest BCUT2D eigenvalue weighted by Gasteiger charge is 2.16. The molecular weight excluding hydrogens is 458 g/mol. The zero-order chi connectivity index (χ0) is 23.0. The maximum atomic E-state index is 12.6. The van der Waals surface area contributed by atoms with Gasteiger partial charge in [0.05, 0.1) is 9.82 Å². The van der Waals surface area contributed by atoms with E-state index in [0.717, 1.165) is 41.3 Å². The first-order chi connectivity index (χ1) is 16.1. The lowest BCUT2D eigenvalue weighted by Gasteiger charge is -2.13. The van der Waals surface area contributed by atoms with Gasteiger partial charge in [-0.3, -0.25) is 19.9 Å². The van der Waals surface area contributed by atoms with Crippen LogP contribution in [0.4, 0.5) is 11.4 Å². The van der Waals surface area contributed by atoms with E-state index in [2.05, 4.69) is 20.3 Å². The molecule has 1 aromatic heterocycles. The van der Waals surface area contributed by atoms with Gasteiger partial charge in [-0.25, -0.2) is 9.97 Å². The van der Waals surface area contributed by atoms with Crippen LogP contribution < -0.4 is 5.32 Å². The largest absolute Gasteiger partial charge is 0.335 e. The van der Waals surface area contributed by atoms with Gasteiger partial charge in [-0.2, -0.15) is 0 Å². The van der Waals surface area contributed by atoms with Crippen molar-refractivity contribution in [1.82, 2.24) is 9.97 Å². The molecule has 10 heteroatoms. The first-order valence-corrected chi connectivity index (χ1v) is 11.9. The second kappa shape index (κ2) is 10.9. The van der Waals surface area contributed by atoms with Crippen LogP contribution in [0.25, 0.3) is 6.08 Å². The van der Waals surface area contributed by atoms with Crippen LogP contribution in [0.2, 0.25) is 0 Å². The fourth-order valence-corrected chi connectivity index (χ4v) is 4.59. The lowest BCUT2D eigenvalue weighted by atomic mass is 10.1. The number of allylic oxidation sites excluding steroid dienone is 1. The predicted octanol–water partition coefficient (Wildman–Crippen LogP) is 5.34. The van der Waals surface area contributed by atoms with Crippen LogP contribution in [0.1, 0.15) is 22.3 Å². The molecule has 0 spiro atoms. The molecular formula is C23H19N5O3S2. The Balaban J connectivity index is 1.44. The van der Waals surface area contributed by atoms with Crippen LogP contribution in [-0.2, 0) is 0 Å². The number of nitro groups is 1. The molecule has 0 saturated carbocycles. The summed E-state index contributed by atoms with van der Waals surface area (Å²) in [6, 6.07) is 13.6. The van der Waals surface area contributed by atoms with Crippen molar-refractivity contribution < 1.29 is 9.72 Å². The Morgan fingerprint density at radius 2 is 1.94 bits per heavy atom. The number of carbonyl (C=O) groups excluding carboxylic acids is 1. The highest BCUT2D eigenvalue weighted by atomic mass is 32.2. The number of aromatic nitrogens is 2. The maximum Gasteiger partial charge on any atom is 0.283 e.